The summed E-state index contributed by atoms with van der Waals surface area (Å²) in [6.07, 6.45) is 31.4. The average molecular weight is 1200 g/mol. The van der Waals surface area contributed by atoms with Crippen molar-refractivity contribution < 1.29 is 59.6 Å². The molecule has 2 aromatic carbocycles. The second-order valence-electron chi connectivity index (χ2n) is 22.8. The zero-order valence-corrected chi connectivity index (χ0v) is 53.7. The highest BCUT2D eigenvalue weighted by atomic mass is 79.9. The maximum atomic E-state index is 12.9. The molecule has 0 aliphatic heterocycles. The van der Waals surface area contributed by atoms with Crippen LogP contribution in [0.2, 0.25) is 0 Å². The number of likely N-dealkylation sites (N-methyl/N-ethyl adjacent to an activating group) is 2. The highest BCUT2D eigenvalue weighted by Crippen LogP contribution is 2.28. The number of aryl methyl sites for hydroxylation is 2. The first kappa shape index (κ1) is 75.3. The summed E-state index contributed by atoms with van der Waals surface area (Å²) in [6.45, 7) is 19.9. The Balaban J connectivity index is 0. The summed E-state index contributed by atoms with van der Waals surface area (Å²) in [5, 5.41) is 1.18. The van der Waals surface area contributed by atoms with Crippen LogP contribution >= 0.6 is 15.9 Å². The van der Waals surface area contributed by atoms with Gasteiger partial charge in [0.1, 0.15) is 33.0 Å². The van der Waals surface area contributed by atoms with E-state index in [2.05, 4.69) is 43.9 Å². The monoisotopic (exact) mass is 1190 g/mol. The Morgan fingerprint density at radius 1 is 0.487 bits per heavy atom. The third-order valence-corrected chi connectivity index (χ3v) is 14.6. The van der Waals surface area contributed by atoms with Crippen molar-refractivity contribution in [3.63, 3.8) is 0 Å². The van der Waals surface area contributed by atoms with Gasteiger partial charge in [-0.1, -0.05) is 201 Å². The molecule has 0 aromatic heterocycles. The van der Waals surface area contributed by atoms with Crippen molar-refractivity contribution in [2.24, 2.45) is 10.8 Å². The molecule has 0 radical (unpaired) electrons. The number of quaternary nitrogens is 1. The molecule has 0 unspecified atom stereocenters. The predicted molar refractivity (Wildman–Crippen MR) is 317 cm³/mol. The van der Waals surface area contributed by atoms with E-state index < -0.39 is 10.8 Å². The highest BCUT2D eigenvalue weighted by molar-refractivity contribution is 9.09. The van der Waals surface area contributed by atoms with E-state index in [1.807, 2.05) is 95.2 Å². The van der Waals surface area contributed by atoms with E-state index >= 15 is 0 Å². The fraction of sp³-hybridized carbons (Fsp3) is 0.750. The van der Waals surface area contributed by atoms with Crippen molar-refractivity contribution in [1.82, 2.24) is 4.90 Å². The lowest BCUT2D eigenvalue weighted by Crippen LogP contribution is -3.00. The van der Waals surface area contributed by atoms with Gasteiger partial charge in [0.15, 0.2) is 0 Å². The van der Waals surface area contributed by atoms with E-state index in [9.17, 15) is 19.2 Å². The van der Waals surface area contributed by atoms with Gasteiger partial charge in [-0.25, -0.2) is 0 Å². The molecule has 0 atom stereocenters. The number of carbonyl (C=O) groups excluding carboxylic acids is 4. The molecule has 0 saturated heterocycles. The van der Waals surface area contributed by atoms with Gasteiger partial charge in [-0.2, -0.15) is 0 Å². The second kappa shape index (κ2) is 47.1. The van der Waals surface area contributed by atoms with Crippen LogP contribution in [0.5, 0.6) is 0 Å². The molecule has 0 amide bonds. The van der Waals surface area contributed by atoms with E-state index in [1.165, 1.54) is 134 Å². The van der Waals surface area contributed by atoms with Crippen LogP contribution in [0.3, 0.4) is 0 Å². The number of hydrogen-bond donors (Lipinski definition) is 0. The van der Waals surface area contributed by atoms with Crippen molar-refractivity contribution in [1.29, 1.82) is 0 Å². The molecule has 12 heteroatoms. The summed E-state index contributed by atoms with van der Waals surface area (Å²) in [4.78, 5) is 50.0. The maximum absolute atomic E-state index is 12.9. The third-order valence-electron chi connectivity index (χ3n) is 14.0. The number of alkyl halides is 1. The number of unbranched alkanes of at least 4 members (excludes halogenated alkanes) is 18. The summed E-state index contributed by atoms with van der Waals surface area (Å²) in [7, 11) is 8.35. The molecule has 440 valence electrons. The van der Waals surface area contributed by atoms with E-state index in [4.69, 9.17) is 18.9 Å². The Bertz CT molecular complexity index is 1760. The molecule has 76 heavy (non-hydrogen) atoms. The lowest BCUT2D eigenvalue weighted by molar-refractivity contribution is -0.890. The number of rotatable bonds is 41. The smallest absolute Gasteiger partial charge is 0.311 e. The van der Waals surface area contributed by atoms with Crippen molar-refractivity contribution in [3.8, 4) is 0 Å². The number of esters is 4. The Kier molecular flexibility index (Phi) is 46.6. The number of benzene rings is 2. The Morgan fingerprint density at radius 3 is 1.18 bits per heavy atom. The lowest BCUT2D eigenvalue weighted by Gasteiger charge is -2.30. The van der Waals surface area contributed by atoms with Gasteiger partial charge in [0.05, 0.1) is 31.5 Å². The maximum Gasteiger partial charge on any atom is 0.311 e. The zero-order chi connectivity index (χ0) is 56.2. The van der Waals surface area contributed by atoms with Gasteiger partial charge in [-0.3, -0.25) is 19.2 Å². The predicted octanol–water partition coefficient (Wildman–Crippen LogP) is 13.1. The fourth-order valence-electron chi connectivity index (χ4n) is 8.32. The highest BCUT2D eigenvalue weighted by Gasteiger charge is 2.31. The molecule has 0 saturated carbocycles. The van der Waals surface area contributed by atoms with Crippen LogP contribution in [0, 0.1) is 10.8 Å². The van der Waals surface area contributed by atoms with Crippen LogP contribution in [-0.2, 0) is 64.2 Å². The first-order chi connectivity index (χ1) is 35.8. The van der Waals surface area contributed by atoms with Crippen molar-refractivity contribution in [3.05, 3.63) is 70.8 Å². The van der Waals surface area contributed by atoms with Gasteiger partial charge in [-0.05, 0) is 109 Å². The topological polar surface area (TPSA) is 108 Å². The first-order valence-electron chi connectivity index (χ1n) is 29.6. The standard InChI is InChI=1S/C32H56NO4.C20H31NO4.C12H25Br.BrH/c1-7-9-10-11-12-13-14-15-16-19-24-33(5,6)25-26-36-31(35)32(3,4)23-22-28-20-17-18-21-29(28)27-37-30(34)8-2;1-6-18(22)25-15-17-10-8-7-9-16(17)11-12-20(2,3)19(23)24-14-13-21(4)5;1-2-3-4-5-6-7-8-9-10-11-12-13;/h17-18,20-21H,7-16,19,22-27H2,1-6H3;7-10H,6,11-15H2,1-5H3;2-12H2,1H3;1H/q+1;;;/p-1. The van der Waals surface area contributed by atoms with Gasteiger partial charge in [0, 0.05) is 24.7 Å². The summed E-state index contributed by atoms with van der Waals surface area (Å²) in [6, 6.07) is 15.8. The minimum atomic E-state index is -0.569. The Labute approximate surface area is 485 Å². The molecule has 0 bridgehead atoms. The molecule has 0 aliphatic carbocycles. The SMILES string of the molecule is CCC(=O)OCc1ccccc1CCC(C)(C)C(=O)OCCN(C)C.CCCCCCCCCCCCBr.CCCCCCCCCCCC[N+](C)(C)CCOC(=O)C(C)(C)CCc1ccccc1COC(=O)CC.[Br-]. The second-order valence-corrected chi connectivity index (χ2v) is 23.6. The van der Waals surface area contributed by atoms with E-state index in [0.717, 1.165) is 52.7 Å². The van der Waals surface area contributed by atoms with E-state index in [-0.39, 0.29) is 54.1 Å². The van der Waals surface area contributed by atoms with Crippen molar-refractivity contribution in [2.75, 3.05) is 66.4 Å². The molecule has 0 heterocycles. The van der Waals surface area contributed by atoms with Gasteiger partial charge in [0.2, 0.25) is 0 Å². The molecule has 0 fully saturated rings. The fourth-order valence-corrected chi connectivity index (χ4v) is 8.72. The largest absolute Gasteiger partial charge is 1.00 e. The molecule has 0 aliphatic rings. The summed E-state index contributed by atoms with van der Waals surface area (Å²) >= 11 is 3.46. The minimum Gasteiger partial charge on any atom is -1.00 e. The van der Waals surface area contributed by atoms with Crippen LogP contribution < -0.4 is 17.0 Å². The molecular formula is C64H112Br2N2O8. The first-order valence-corrected chi connectivity index (χ1v) is 30.7. The number of halogens is 2. The lowest BCUT2D eigenvalue weighted by atomic mass is 9.85. The van der Waals surface area contributed by atoms with Gasteiger partial charge in [-0.15, -0.1) is 0 Å². The van der Waals surface area contributed by atoms with Gasteiger partial charge < -0.3 is 45.3 Å². The van der Waals surface area contributed by atoms with E-state index in [0.29, 0.717) is 45.4 Å². The average Bonchev–Trinajstić information content (AvgIpc) is 3.38. The number of ether oxygens (including phenoxy) is 4. The van der Waals surface area contributed by atoms with E-state index in [1.54, 1.807) is 13.8 Å². The minimum absolute atomic E-state index is 0. The molecule has 10 nitrogen and oxygen atoms in total. The third kappa shape index (κ3) is 40.4. The molecule has 2 aromatic rings. The Hall–Kier alpha value is -2.80. The van der Waals surface area contributed by atoms with Crippen molar-refractivity contribution in [2.45, 2.75) is 236 Å². The number of carbonyl (C=O) groups is 4. The molecule has 0 N–H and O–H groups in total. The van der Waals surface area contributed by atoms with Crippen LogP contribution in [-0.4, -0.2) is 99.6 Å². The molecule has 0 spiro atoms. The summed E-state index contributed by atoms with van der Waals surface area (Å²) in [5.74, 6) is -0.724. The zero-order valence-electron chi connectivity index (χ0n) is 50.6. The summed E-state index contributed by atoms with van der Waals surface area (Å²) < 4.78 is 22.6. The number of hydrogen-bond acceptors (Lipinski definition) is 9. The van der Waals surface area contributed by atoms with Crippen LogP contribution in [0.15, 0.2) is 48.5 Å². The van der Waals surface area contributed by atoms with Crippen LogP contribution in [0.4, 0.5) is 0 Å². The Morgan fingerprint density at radius 2 is 0.829 bits per heavy atom. The van der Waals surface area contributed by atoms with Gasteiger partial charge >= 0.3 is 23.9 Å². The molecular weight excluding hydrogens is 1080 g/mol. The van der Waals surface area contributed by atoms with Crippen molar-refractivity contribution >= 4 is 39.8 Å². The quantitative estimate of drug-likeness (QED) is 0.0211. The van der Waals surface area contributed by atoms with Crippen LogP contribution in [0.25, 0.3) is 0 Å². The van der Waals surface area contributed by atoms with Gasteiger partial charge in [0.25, 0.3) is 0 Å². The summed E-state index contributed by atoms with van der Waals surface area (Å²) in [5.41, 5.74) is 3.07. The normalized spacial score (nSPS) is 11.4. The molecule has 2 rings (SSSR count). The van der Waals surface area contributed by atoms with Crippen LogP contribution in [0.1, 0.15) is 232 Å². The number of nitrogens with zero attached hydrogens (tertiary/aromatic N) is 2.